The molecule has 7 heteroatoms. The van der Waals surface area contributed by atoms with Crippen LogP contribution in [0.5, 0.6) is 5.75 Å². The average molecular weight is 448 g/mol. The van der Waals surface area contributed by atoms with Gasteiger partial charge in [-0.1, -0.05) is 13.8 Å². The summed E-state index contributed by atoms with van der Waals surface area (Å²) in [6, 6.07) is 9.80. The lowest BCUT2D eigenvalue weighted by Gasteiger charge is -2.36. The van der Waals surface area contributed by atoms with Crippen LogP contribution in [0, 0.1) is 17.2 Å². The zero-order chi connectivity index (χ0) is 23.4. The molecule has 1 amide bonds. The fourth-order valence-electron chi connectivity index (χ4n) is 4.82. The number of carbonyl (C=O) groups is 1. The molecule has 1 aliphatic carbocycles. The van der Waals surface area contributed by atoms with E-state index in [1.165, 1.54) is 16.8 Å². The molecule has 0 saturated carbocycles. The van der Waals surface area contributed by atoms with Crippen LogP contribution >= 0.6 is 0 Å². The highest BCUT2D eigenvalue weighted by atomic mass is 16.5. The number of carbonyl (C=O) groups excluding carboxylic acids is 1. The van der Waals surface area contributed by atoms with Gasteiger partial charge >= 0.3 is 0 Å². The molecule has 7 nitrogen and oxygen atoms in total. The third kappa shape index (κ3) is 5.28. The fraction of sp³-hybridized carbons (Fsp3) is 0.500. The van der Waals surface area contributed by atoms with E-state index in [1.54, 1.807) is 7.11 Å². The summed E-state index contributed by atoms with van der Waals surface area (Å²) in [7, 11) is 1.62. The second-order valence-corrected chi connectivity index (χ2v) is 9.32. The topological polar surface area (TPSA) is 81.5 Å². The van der Waals surface area contributed by atoms with Crippen LogP contribution in [0.15, 0.2) is 24.3 Å². The van der Waals surface area contributed by atoms with Gasteiger partial charge in [-0.2, -0.15) is 5.26 Å². The van der Waals surface area contributed by atoms with Crippen molar-refractivity contribution in [2.45, 2.75) is 39.5 Å². The van der Waals surface area contributed by atoms with E-state index in [1.807, 2.05) is 24.3 Å². The van der Waals surface area contributed by atoms with Crippen LogP contribution in [0.4, 0.5) is 11.5 Å². The number of nitrogens with one attached hydrogen (secondary N) is 1. The van der Waals surface area contributed by atoms with Crippen molar-refractivity contribution in [1.29, 1.82) is 5.26 Å². The van der Waals surface area contributed by atoms with Gasteiger partial charge in [0.1, 0.15) is 17.6 Å². The molecule has 1 aliphatic heterocycles. The molecule has 2 heterocycles. The number of aromatic nitrogens is 1. The SMILES string of the molecule is COc1ccc(NC(=O)CN2CCN(c3nc(CC(C)C)c4c(c3C#N)CCC4)CC2)cc1. The number of amides is 1. The summed E-state index contributed by atoms with van der Waals surface area (Å²) in [6.07, 6.45) is 4.07. The molecule has 0 bridgehead atoms. The molecule has 4 rings (SSSR count). The number of anilines is 2. The summed E-state index contributed by atoms with van der Waals surface area (Å²) in [5.74, 6) is 2.11. The Balaban J connectivity index is 1.40. The minimum atomic E-state index is -0.0267. The maximum atomic E-state index is 12.5. The van der Waals surface area contributed by atoms with Gasteiger partial charge in [-0.25, -0.2) is 4.98 Å². The summed E-state index contributed by atoms with van der Waals surface area (Å²) in [5.41, 5.74) is 5.24. The van der Waals surface area contributed by atoms with Crippen LogP contribution in [0.1, 0.15) is 42.7 Å². The zero-order valence-electron chi connectivity index (χ0n) is 19.9. The Labute approximate surface area is 196 Å². The minimum absolute atomic E-state index is 0.0267. The van der Waals surface area contributed by atoms with Crippen LogP contribution in [0.25, 0.3) is 0 Å². The third-order valence-corrected chi connectivity index (χ3v) is 6.46. The van der Waals surface area contributed by atoms with Crippen molar-refractivity contribution >= 4 is 17.4 Å². The Morgan fingerprint density at radius 2 is 1.85 bits per heavy atom. The summed E-state index contributed by atoms with van der Waals surface area (Å²) in [5, 5.41) is 12.9. The number of nitriles is 1. The van der Waals surface area contributed by atoms with Crippen LogP contribution in [0.2, 0.25) is 0 Å². The number of pyridine rings is 1. The normalized spacial score (nSPS) is 15.9. The van der Waals surface area contributed by atoms with Crippen LogP contribution < -0.4 is 15.0 Å². The van der Waals surface area contributed by atoms with Gasteiger partial charge in [0.05, 0.1) is 19.2 Å². The summed E-state index contributed by atoms with van der Waals surface area (Å²) in [6.45, 7) is 7.83. The van der Waals surface area contributed by atoms with E-state index in [2.05, 4.69) is 35.0 Å². The van der Waals surface area contributed by atoms with Gasteiger partial charge in [-0.15, -0.1) is 0 Å². The molecule has 1 N–H and O–H groups in total. The fourth-order valence-corrected chi connectivity index (χ4v) is 4.82. The number of benzene rings is 1. The van der Waals surface area contributed by atoms with Crippen LogP contribution in [-0.2, 0) is 24.1 Å². The number of fused-ring (bicyclic) bond motifs is 1. The molecule has 1 fully saturated rings. The van der Waals surface area contributed by atoms with Gasteiger partial charge < -0.3 is 15.0 Å². The van der Waals surface area contributed by atoms with Crippen molar-refractivity contribution in [2.24, 2.45) is 5.92 Å². The van der Waals surface area contributed by atoms with E-state index in [9.17, 15) is 10.1 Å². The van der Waals surface area contributed by atoms with Crippen molar-refractivity contribution in [3.8, 4) is 11.8 Å². The Morgan fingerprint density at radius 3 is 2.48 bits per heavy atom. The van der Waals surface area contributed by atoms with Crippen LogP contribution in [0.3, 0.4) is 0 Å². The summed E-state index contributed by atoms with van der Waals surface area (Å²) in [4.78, 5) is 21.9. The van der Waals surface area contributed by atoms with E-state index in [0.717, 1.165) is 74.7 Å². The highest BCUT2D eigenvalue weighted by molar-refractivity contribution is 5.92. The number of rotatable bonds is 7. The van der Waals surface area contributed by atoms with E-state index in [4.69, 9.17) is 9.72 Å². The number of piperazine rings is 1. The highest BCUT2D eigenvalue weighted by Crippen LogP contribution is 2.34. The second-order valence-electron chi connectivity index (χ2n) is 9.32. The first-order chi connectivity index (χ1) is 16.0. The predicted molar refractivity (Wildman–Crippen MR) is 130 cm³/mol. The van der Waals surface area contributed by atoms with Crippen molar-refractivity contribution in [3.63, 3.8) is 0 Å². The molecule has 0 unspecified atom stereocenters. The van der Waals surface area contributed by atoms with Crippen molar-refractivity contribution in [3.05, 3.63) is 46.6 Å². The van der Waals surface area contributed by atoms with Crippen molar-refractivity contribution in [2.75, 3.05) is 50.1 Å². The van der Waals surface area contributed by atoms with E-state index in [0.29, 0.717) is 12.5 Å². The zero-order valence-corrected chi connectivity index (χ0v) is 19.9. The number of hydrogen-bond donors (Lipinski definition) is 1. The highest BCUT2D eigenvalue weighted by Gasteiger charge is 2.28. The molecular formula is C26H33N5O2. The van der Waals surface area contributed by atoms with Crippen molar-refractivity contribution < 1.29 is 9.53 Å². The first-order valence-electron chi connectivity index (χ1n) is 11.8. The van der Waals surface area contributed by atoms with Gasteiger partial charge in [-0.05, 0) is 67.0 Å². The molecule has 174 valence electrons. The standard InChI is InChI=1S/C26H33N5O2/c1-18(2)15-24-22-6-4-5-21(22)23(16-27)26(29-24)31-13-11-30(12-14-31)17-25(32)28-19-7-9-20(33-3)10-8-19/h7-10,18H,4-6,11-15,17H2,1-3H3,(H,28,32). The van der Waals surface area contributed by atoms with Crippen molar-refractivity contribution in [1.82, 2.24) is 9.88 Å². The minimum Gasteiger partial charge on any atom is -0.497 e. The van der Waals surface area contributed by atoms with E-state index < -0.39 is 0 Å². The molecule has 1 aromatic heterocycles. The molecular weight excluding hydrogens is 414 g/mol. The van der Waals surface area contributed by atoms with Gasteiger partial charge in [-0.3, -0.25) is 9.69 Å². The molecule has 0 atom stereocenters. The summed E-state index contributed by atoms with van der Waals surface area (Å²) < 4.78 is 5.16. The van der Waals surface area contributed by atoms with E-state index in [-0.39, 0.29) is 5.91 Å². The second kappa shape index (κ2) is 10.2. The van der Waals surface area contributed by atoms with E-state index >= 15 is 0 Å². The van der Waals surface area contributed by atoms with Gasteiger partial charge in [0.25, 0.3) is 0 Å². The first kappa shape index (κ1) is 23.1. The number of hydrogen-bond acceptors (Lipinski definition) is 6. The summed E-state index contributed by atoms with van der Waals surface area (Å²) >= 11 is 0. The van der Waals surface area contributed by atoms with Gasteiger partial charge in [0.2, 0.25) is 5.91 Å². The maximum absolute atomic E-state index is 12.5. The quantitative estimate of drug-likeness (QED) is 0.701. The third-order valence-electron chi connectivity index (χ3n) is 6.46. The number of methoxy groups -OCH3 is 1. The average Bonchev–Trinajstić information content (AvgIpc) is 3.30. The lowest BCUT2D eigenvalue weighted by molar-refractivity contribution is -0.117. The Morgan fingerprint density at radius 1 is 1.15 bits per heavy atom. The lowest BCUT2D eigenvalue weighted by atomic mass is 9.97. The number of nitrogens with zero attached hydrogens (tertiary/aromatic N) is 4. The lowest BCUT2D eigenvalue weighted by Crippen LogP contribution is -2.49. The smallest absolute Gasteiger partial charge is 0.238 e. The largest absolute Gasteiger partial charge is 0.497 e. The molecule has 2 aliphatic rings. The maximum Gasteiger partial charge on any atom is 0.238 e. The molecule has 1 aromatic carbocycles. The Bertz CT molecular complexity index is 1030. The van der Waals surface area contributed by atoms with Crippen LogP contribution in [-0.4, -0.2) is 55.6 Å². The Hall–Kier alpha value is -3.11. The number of ether oxygens (including phenoxy) is 1. The molecule has 33 heavy (non-hydrogen) atoms. The first-order valence-corrected chi connectivity index (χ1v) is 11.8. The van der Waals surface area contributed by atoms with Gasteiger partial charge in [0, 0.05) is 37.6 Å². The Kier molecular flexibility index (Phi) is 7.14. The predicted octanol–water partition coefficient (Wildman–Crippen LogP) is 3.41. The monoisotopic (exact) mass is 447 g/mol. The van der Waals surface area contributed by atoms with Gasteiger partial charge in [0.15, 0.2) is 0 Å². The molecule has 0 radical (unpaired) electrons. The molecule has 0 spiro atoms. The molecule has 2 aromatic rings. The molecule has 1 saturated heterocycles.